The van der Waals surface area contributed by atoms with Gasteiger partial charge in [-0.05, 0) is 35.4 Å². The Kier molecular flexibility index (Phi) is 11.8. The number of hydrogen-bond donors (Lipinski definition) is 4. The number of benzene rings is 2. The maximum atomic E-state index is 12.2. The number of aromatic nitrogens is 4. The third-order valence-corrected chi connectivity index (χ3v) is 8.06. The summed E-state index contributed by atoms with van der Waals surface area (Å²) in [6.45, 7) is 0.433. The molecule has 0 fully saturated rings. The number of aromatic amines is 2. The van der Waals surface area contributed by atoms with Gasteiger partial charge in [-0.25, -0.2) is 19.6 Å². The number of carbonyl (C=O) groups is 4. The zero-order valence-corrected chi connectivity index (χ0v) is 25.9. The Morgan fingerprint density at radius 2 is 1.07 bits per heavy atom. The lowest BCUT2D eigenvalue weighted by atomic mass is 10.1. The van der Waals surface area contributed by atoms with E-state index in [4.69, 9.17) is 0 Å². The highest BCUT2D eigenvalue weighted by molar-refractivity contribution is 7.65. The molecule has 226 valence electrons. The van der Waals surface area contributed by atoms with Crippen molar-refractivity contribution in [3.8, 4) is 34.4 Å². The molecule has 4 N–H and O–H groups in total. The standard InChI is InChI=1S/C30H30N6O6P2/c1-41-29(39)31-15-13-25(37)43-27-33-17-23(35-27)21-9-5-19(6-10-21)3-4-20-7-11-22(12-8-20)24-18-34-28(36-24)44-26(38)14-16-32-30(40)42-2/h5-12,17-18,43-44H,13-16H2,1-2H3,(H,31,39)(H,32,40)(H,33,35)(H,34,36). The van der Waals surface area contributed by atoms with E-state index in [0.29, 0.717) is 11.1 Å². The Labute approximate surface area is 257 Å². The van der Waals surface area contributed by atoms with Crippen molar-refractivity contribution in [1.82, 2.24) is 30.6 Å². The Morgan fingerprint density at radius 1 is 0.682 bits per heavy atom. The van der Waals surface area contributed by atoms with Crippen molar-refractivity contribution < 1.29 is 28.7 Å². The molecule has 0 aliphatic rings. The van der Waals surface area contributed by atoms with Crippen molar-refractivity contribution in [2.24, 2.45) is 0 Å². The molecular formula is C30H30N6O6P2. The predicted molar refractivity (Wildman–Crippen MR) is 170 cm³/mol. The summed E-state index contributed by atoms with van der Waals surface area (Å²) in [7, 11) is 2.27. The zero-order valence-electron chi connectivity index (χ0n) is 23.9. The van der Waals surface area contributed by atoms with Crippen LogP contribution in [0.25, 0.3) is 22.5 Å². The second-order valence-electron chi connectivity index (χ2n) is 9.13. The number of nitrogens with one attached hydrogen (secondary N) is 4. The fraction of sp³-hybridized carbons (Fsp3) is 0.200. The van der Waals surface area contributed by atoms with E-state index in [1.165, 1.54) is 14.2 Å². The third kappa shape index (κ3) is 9.87. The van der Waals surface area contributed by atoms with Gasteiger partial charge in [0.05, 0.1) is 38.0 Å². The summed E-state index contributed by atoms with van der Waals surface area (Å²) in [6.07, 6.45) is 2.65. The van der Waals surface area contributed by atoms with Crippen molar-refractivity contribution in [1.29, 1.82) is 0 Å². The van der Waals surface area contributed by atoms with Gasteiger partial charge >= 0.3 is 12.2 Å². The highest BCUT2D eigenvalue weighted by atomic mass is 31.1. The van der Waals surface area contributed by atoms with Gasteiger partial charge in [-0.3, -0.25) is 9.59 Å². The minimum atomic E-state index is -0.565. The molecule has 0 radical (unpaired) electrons. The van der Waals surface area contributed by atoms with Crippen LogP contribution in [0.2, 0.25) is 0 Å². The maximum Gasteiger partial charge on any atom is 0.406 e. The van der Waals surface area contributed by atoms with Gasteiger partial charge < -0.3 is 30.1 Å². The SMILES string of the molecule is COC(=O)NCCC(=O)Pc1ncc(-c2ccc(C#Cc3ccc(-c4cnc(PC(=O)CCNC(=O)OC)[nH]4)cc3)cc2)[nH]1. The molecule has 2 unspecified atom stereocenters. The number of ether oxygens (including phenoxy) is 2. The summed E-state index contributed by atoms with van der Waals surface area (Å²) in [5.41, 5.74) is 6.25. The topological polar surface area (TPSA) is 168 Å². The molecule has 2 amide bonds. The van der Waals surface area contributed by atoms with E-state index in [1.54, 1.807) is 12.4 Å². The van der Waals surface area contributed by atoms with Crippen molar-refractivity contribution >= 4 is 51.5 Å². The van der Waals surface area contributed by atoms with Crippen LogP contribution in [0.3, 0.4) is 0 Å². The monoisotopic (exact) mass is 632 g/mol. The Morgan fingerprint density at radius 3 is 1.43 bits per heavy atom. The fourth-order valence-corrected chi connectivity index (χ4v) is 5.44. The highest BCUT2D eigenvalue weighted by Gasteiger charge is 2.11. The lowest BCUT2D eigenvalue weighted by Crippen LogP contribution is -2.25. The molecule has 2 heterocycles. The summed E-state index contributed by atoms with van der Waals surface area (Å²) in [5.74, 6) is 6.33. The van der Waals surface area contributed by atoms with Gasteiger partial charge in [-0.2, -0.15) is 0 Å². The summed E-state index contributed by atoms with van der Waals surface area (Å²) in [4.78, 5) is 61.5. The molecule has 0 saturated heterocycles. The van der Waals surface area contributed by atoms with Gasteiger partial charge in [0, 0.05) is 54.2 Å². The van der Waals surface area contributed by atoms with Gasteiger partial charge in [0.1, 0.15) is 11.1 Å². The van der Waals surface area contributed by atoms with Crippen LogP contribution in [-0.2, 0) is 19.1 Å². The van der Waals surface area contributed by atoms with Crippen LogP contribution in [0.4, 0.5) is 9.59 Å². The van der Waals surface area contributed by atoms with Crippen LogP contribution >= 0.6 is 17.2 Å². The molecule has 0 saturated carbocycles. The number of amides is 2. The lowest BCUT2D eigenvalue weighted by Gasteiger charge is -2.02. The van der Waals surface area contributed by atoms with E-state index >= 15 is 0 Å². The van der Waals surface area contributed by atoms with Crippen LogP contribution < -0.4 is 21.8 Å². The van der Waals surface area contributed by atoms with Gasteiger partial charge in [-0.15, -0.1) is 0 Å². The highest BCUT2D eigenvalue weighted by Crippen LogP contribution is 2.21. The van der Waals surface area contributed by atoms with Crippen LogP contribution in [-0.4, -0.2) is 70.5 Å². The number of methoxy groups -OCH3 is 2. The first-order valence-corrected chi connectivity index (χ1v) is 15.4. The first-order valence-electron chi connectivity index (χ1n) is 13.4. The van der Waals surface area contributed by atoms with E-state index < -0.39 is 12.2 Å². The number of carbonyl (C=O) groups excluding carboxylic acids is 4. The molecule has 14 heteroatoms. The van der Waals surface area contributed by atoms with Crippen LogP contribution in [0, 0.1) is 11.8 Å². The summed E-state index contributed by atoms with van der Waals surface area (Å²) >= 11 is 0. The van der Waals surface area contributed by atoms with Gasteiger partial charge in [-0.1, -0.05) is 36.1 Å². The minimum absolute atomic E-state index is 0.0226. The third-order valence-electron chi connectivity index (χ3n) is 6.02. The maximum absolute atomic E-state index is 12.2. The van der Waals surface area contributed by atoms with Crippen LogP contribution in [0.1, 0.15) is 24.0 Å². The minimum Gasteiger partial charge on any atom is -0.453 e. The molecule has 4 aromatic rings. The van der Waals surface area contributed by atoms with Crippen molar-refractivity contribution in [3.63, 3.8) is 0 Å². The number of rotatable bonds is 12. The van der Waals surface area contributed by atoms with E-state index in [2.05, 4.69) is 51.9 Å². The average Bonchev–Trinajstić information content (AvgIpc) is 3.70. The van der Waals surface area contributed by atoms with Gasteiger partial charge in [0.25, 0.3) is 0 Å². The second-order valence-corrected chi connectivity index (χ2v) is 11.7. The number of nitrogens with zero attached hydrogens (tertiary/aromatic N) is 2. The molecule has 0 spiro atoms. The van der Waals surface area contributed by atoms with Crippen LogP contribution in [0.15, 0.2) is 60.9 Å². The predicted octanol–water partition coefficient (Wildman–Crippen LogP) is 3.02. The molecule has 4 rings (SSSR count). The van der Waals surface area contributed by atoms with Crippen molar-refractivity contribution in [2.75, 3.05) is 27.3 Å². The lowest BCUT2D eigenvalue weighted by molar-refractivity contribution is -0.111. The smallest absolute Gasteiger partial charge is 0.406 e. The largest absolute Gasteiger partial charge is 0.453 e. The molecule has 12 nitrogen and oxygen atoms in total. The Balaban J connectivity index is 1.27. The fourth-order valence-electron chi connectivity index (χ4n) is 3.76. The van der Waals surface area contributed by atoms with E-state index in [1.807, 2.05) is 48.5 Å². The molecule has 2 aromatic heterocycles. The van der Waals surface area contributed by atoms with Gasteiger partial charge in [0.2, 0.25) is 0 Å². The quantitative estimate of drug-likeness (QED) is 0.137. The first kappa shape index (κ1) is 32.1. The Hall–Kier alpha value is -4.84. The molecule has 2 atom stereocenters. The summed E-state index contributed by atoms with van der Waals surface area (Å²) in [6, 6.07) is 15.4. The normalized spacial score (nSPS) is 10.9. The number of hydrogen-bond acceptors (Lipinski definition) is 8. The molecule has 0 aliphatic heterocycles. The average molecular weight is 633 g/mol. The van der Waals surface area contributed by atoms with Crippen molar-refractivity contribution in [3.05, 3.63) is 72.1 Å². The van der Waals surface area contributed by atoms with E-state index in [-0.39, 0.29) is 54.1 Å². The molecule has 0 bridgehead atoms. The molecular weight excluding hydrogens is 602 g/mol. The zero-order chi connectivity index (χ0) is 31.3. The molecule has 44 heavy (non-hydrogen) atoms. The van der Waals surface area contributed by atoms with E-state index in [0.717, 1.165) is 33.6 Å². The number of H-pyrrole nitrogens is 2. The summed E-state index contributed by atoms with van der Waals surface area (Å²) in [5, 5.41) is 4.97. The number of imidazole rings is 2. The van der Waals surface area contributed by atoms with Crippen molar-refractivity contribution in [2.45, 2.75) is 12.8 Å². The second kappa shape index (κ2) is 16.1. The molecule has 0 aliphatic carbocycles. The number of alkyl carbamates (subject to hydrolysis) is 2. The van der Waals surface area contributed by atoms with Crippen LogP contribution in [0.5, 0.6) is 0 Å². The Bertz CT molecular complexity index is 1550. The van der Waals surface area contributed by atoms with Gasteiger partial charge in [0.15, 0.2) is 11.0 Å². The van der Waals surface area contributed by atoms with E-state index in [9.17, 15) is 19.2 Å². The molecule has 2 aromatic carbocycles. The summed E-state index contributed by atoms with van der Waals surface area (Å²) < 4.78 is 8.97. The first-order chi connectivity index (χ1) is 21.3.